The Labute approximate surface area is 236 Å². The average molecular weight is 559 g/mol. The number of benzene rings is 3. The Kier molecular flexibility index (Phi) is 7.19. The summed E-state index contributed by atoms with van der Waals surface area (Å²) in [5, 5.41) is 21.9. The summed E-state index contributed by atoms with van der Waals surface area (Å²) in [6.45, 7) is 3.65. The highest BCUT2D eigenvalue weighted by atomic mass is 19.1. The van der Waals surface area contributed by atoms with Gasteiger partial charge in [0.1, 0.15) is 23.4 Å². The molecule has 2 saturated heterocycles. The Morgan fingerprint density at radius 3 is 2.07 bits per heavy atom. The third-order valence-electron chi connectivity index (χ3n) is 8.23. The summed E-state index contributed by atoms with van der Waals surface area (Å²) in [5.74, 6) is -1.57. The molecule has 3 aromatic carbocycles. The van der Waals surface area contributed by atoms with Gasteiger partial charge in [-0.15, -0.1) is 0 Å². The second-order valence-electron chi connectivity index (χ2n) is 10.9. The third kappa shape index (κ3) is 5.40. The first-order chi connectivity index (χ1) is 19.8. The first-order valence-corrected chi connectivity index (χ1v) is 13.8. The number of hydrogen-bond acceptors (Lipinski definition) is 7. The number of fused-ring (bicyclic) bond motifs is 1. The van der Waals surface area contributed by atoms with Crippen molar-refractivity contribution in [3.63, 3.8) is 0 Å². The van der Waals surface area contributed by atoms with Crippen LogP contribution >= 0.6 is 0 Å². The number of aromatic hydroxyl groups is 2. The van der Waals surface area contributed by atoms with Gasteiger partial charge in [-0.05, 0) is 59.0 Å². The van der Waals surface area contributed by atoms with Crippen molar-refractivity contribution in [1.29, 1.82) is 0 Å². The summed E-state index contributed by atoms with van der Waals surface area (Å²) < 4.78 is 15.2. The minimum absolute atomic E-state index is 0.00825. The molecule has 3 aliphatic rings. The summed E-state index contributed by atoms with van der Waals surface area (Å²) in [7, 11) is 0. The van der Waals surface area contributed by atoms with Gasteiger partial charge in [-0.2, -0.15) is 0 Å². The lowest BCUT2D eigenvalue weighted by Gasteiger charge is -2.40. The zero-order valence-electron chi connectivity index (χ0n) is 22.4. The maximum absolute atomic E-state index is 15.2. The van der Waals surface area contributed by atoms with Gasteiger partial charge in [0, 0.05) is 45.7 Å². The fraction of sp³-hybridized carbons (Fsp3) is 0.323. The Morgan fingerprint density at radius 1 is 0.878 bits per heavy atom. The number of hydrogen-bond donors (Lipinski definition) is 3. The summed E-state index contributed by atoms with van der Waals surface area (Å²) in [6.07, 6.45) is 0.384. The Morgan fingerprint density at radius 2 is 1.49 bits per heavy atom. The molecule has 1 atom stereocenters. The molecule has 3 heterocycles. The van der Waals surface area contributed by atoms with Crippen LogP contribution in [-0.2, 0) is 22.7 Å². The van der Waals surface area contributed by atoms with Crippen LogP contribution in [0.1, 0.15) is 51.5 Å². The Hall–Kier alpha value is -4.28. The number of nitrogens with zero attached hydrogens (tertiary/aromatic N) is 3. The van der Waals surface area contributed by atoms with Gasteiger partial charge >= 0.3 is 0 Å². The molecular formula is C31H31FN4O5. The van der Waals surface area contributed by atoms with Gasteiger partial charge in [0.15, 0.2) is 0 Å². The normalized spacial score (nSPS) is 20.0. The van der Waals surface area contributed by atoms with E-state index in [1.54, 1.807) is 24.3 Å². The molecule has 3 amide bonds. The highest BCUT2D eigenvalue weighted by Gasteiger charge is 2.40. The largest absolute Gasteiger partial charge is 0.508 e. The van der Waals surface area contributed by atoms with Crippen molar-refractivity contribution in [3.8, 4) is 11.5 Å². The van der Waals surface area contributed by atoms with Crippen molar-refractivity contribution in [1.82, 2.24) is 20.0 Å². The van der Waals surface area contributed by atoms with E-state index in [1.807, 2.05) is 30.3 Å². The highest BCUT2D eigenvalue weighted by Crippen LogP contribution is 2.33. The van der Waals surface area contributed by atoms with Crippen LogP contribution < -0.4 is 5.32 Å². The van der Waals surface area contributed by atoms with E-state index in [9.17, 15) is 24.6 Å². The standard InChI is InChI=1S/C31H31FN4O5/c32-25-16-19(15-22-18-36(31(41)28(22)25)26-9-10-27(39)33-30(26)40)17-34-11-13-35(14-12-34)29(20-1-5-23(37)6-2-20)21-3-7-24(38)8-4-21/h1-8,15-16,26,29,37-38H,9-14,17-18H2,(H,33,39,40). The molecular weight excluding hydrogens is 527 g/mol. The topological polar surface area (TPSA) is 113 Å². The Bertz CT molecular complexity index is 1440. The summed E-state index contributed by atoms with van der Waals surface area (Å²) in [4.78, 5) is 42.8. The molecule has 0 bridgehead atoms. The first-order valence-electron chi connectivity index (χ1n) is 13.8. The van der Waals surface area contributed by atoms with Crippen LogP contribution in [0.15, 0.2) is 60.7 Å². The fourth-order valence-corrected chi connectivity index (χ4v) is 6.18. The van der Waals surface area contributed by atoms with Crippen molar-refractivity contribution in [2.45, 2.75) is 38.0 Å². The quantitative estimate of drug-likeness (QED) is 0.399. The molecule has 212 valence electrons. The molecule has 2 fully saturated rings. The zero-order chi connectivity index (χ0) is 28.7. The predicted octanol–water partition coefficient (Wildman–Crippen LogP) is 2.91. The average Bonchev–Trinajstić information content (AvgIpc) is 3.28. The van der Waals surface area contributed by atoms with E-state index in [4.69, 9.17) is 0 Å². The number of phenols is 2. The molecule has 9 nitrogen and oxygen atoms in total. The Balaban J connectivity index is 1.14. The first kappa shape index (κ1) is 26.9. The number of halogens is 1. The number of phenolic OH excluding ortho intramolecular Hbond substituents is 2. The lowest BCUT2D eigenvalue weighted by molar-refractivity contribution is -0.136. The van der Waals surface area contributed by atoms with Crippen molar-refractivity contribution in [2.75, 3.05) is 26.2 Å². The van der Waals surface area contributed by atoms with E-state index in [1.165, 1.54) is 11.0 Å². The number of carbonyl (C=O) groups excluding carboxylic acids is 3. The number of nitrogens with one attached hydrogen (secondary N) is 1. The molecule has 0 aromatic heterocycles. The number of piperazine rings is 1. The van der Waals surface area contributed by atoms with Crippen LogP contribution in [0, 0.1) is 5.82 Å². The molecule has 41 heavy (non-hydrogen) atoms. The molecule has 1 unspecified atom stereocenters. The number of carbonyl (C=O) groups is 3. The molecule has 0 saturated carbocycles. The van der Waals surface area contributed by atoms with Crippen molar-refractivity contribution in [2.24, 2.45) is 0 Å². The van der Waals surface area contributed by atoms with Gasteiger partial charge in [0.05, 0.1) is 11.6 Å². The minimum Gasteiger partial charge on any atom is -0.508 e. The van der Waals surface area contributed by atoms with E-state index in [2.05, 4.69) is 15.1 Å². The van der Waals surface area contributed by atoms with Gasteiger partial charge in [0.25, 0.3) is 5.91 Å². The van der Waals surface area contributed by atoms with Gasteiger partial charge in [-0.1, -0.05) is 30.3 Å². The maximum atomic E-state index is 15.2. The molecule has 6 rings (SSSR count). The maximum Gasteiger partial charge on any atom is 0.258 e. The minimum atomic E-state index is -0.779. The number of rotatable bonds is 6. The van der Waals surface area contributed by atoms with E-state index in [0.29, 0.717) is 12.1 Å². The zero-order valence-corrected chi connectivity index (χ0v) is 22.4. The molecule has 3 N–H and O–H groups in total. The van der Waals surface area contributed by atoms with E-state index < -0.39 is 23.7 Å². The molecule has 3 aromatic rings. The number of piperidine rings is 1. The van der Waals surface area contributed by atoms with Gasteiger partial charge < -0.3 is 15.1 Å². The molecule has 0 radical (unpaired) electrons. The predicted molar refractivity (Wildman–Crippen MR) is 147 cm³/mol. The molecule has 10 heteroatoms. The number of imide groups is 1. The number of amides is 3. The van der Waals surface area contributed by atoms with E-state index in [-0.39, 0.29) is 48.4 Å². The monoisotopic (exact) mass is 558 g/mol. The summed E-state index contributed by atoms with van der Waals surface area (Å²) in [5.41, 5.74) is 3.41. The summed E-state index contributed by atoms with van der Waals surface area (Å²) in [6, 6.07) is 16.8. The van der Waals surface area contributed by atoms with Crippen LogP contribution in [0.25, 0.3) is 0 Å². The van der Waals surface area contributed by atoms with Crippen LogP contribution in [-0.4, -0.2) is 74.9 Å². The SMILES string of the molecule is O=C1CCC(N2Cc3cc(CN4CCN(C(c5ccc(O)cc5)c5ccc(O)cc5)CC4)cc(F)c3C2=O)C(=O)N1. The van der Waals surface area contributed by atoms with Crippen molar-refractivity contribution < 1.29 is 29.0 Å². The lowest BCUT2D eigenvalue weighted by Crippen LogP contribution is -2.52. The third-order valence-corrected chi connectivity index (χ3v) is 8.23. The molecule has 3 aliphatic heterocycles. The fourth-order valence-electron chi connectivity index (χ4n) is 6.18. The van der Waals surface area contributed by atoms with Gasteiger partial charge in [-0.25, -0.2) is 4.39 Å². The van der Waals surface area contributed by atoms with E-state index in [0.717, 1.165) is 42.9 Å². The van der Waals surface area contributed by atoms with E-state index >= 15 is 4.39 Å². The van der Waals surface area contributed by atoms with Crippen LogP contribution in [0.3, 0.4) is 0 Å². The molecule has 0 aliphatic carbocycles. The van der Waals surface area contributed by atoms with Crippen LogP contribution in [0.2, 0.25) is 0 Å². The second kappa shape index (κ2) is 10.9. The molecule has 0 spiro atoms. The van der Waals surface area contributed by atoms with Crippen molar-refractivity contribution in [3.05, 3.63) is 94.3 Å². The van der Waals surface area contributed by atoms with Crippen LogP contribution in [0.5, 0.6) is 11.5 Å². The van der Waals surface area contributed by atoms with Crippen molar-refractivity contribution >= 4 is 17.7 Å². The van der Waals surface area contributed by atoms with Gasteiger partial charge in [0.2, 0.25) is 11.8 Å². The lowest BCUT2D eigenvalue weighted by atomic mass is 9.96. The van der Waals surface area contributed by atoms with Gasteiger partial charge in [-0.3, -0.25) is 29.5 Å². The highest BCUT2D eigenvalue weighted by molar-refractivity contribution is 6.05. The summed E-state index contributed by atoms with van der Waals surface area (Å²) >= 11 is 0. The smallest absolute Gasteiger partial charge is 0.258 e. The van der Waals surface area contributed by atoms with Crippen LogP contribution in [0.4, 0.5) is 4.39 Å². The second-order valence-corrected chi connectivity index (χ2v) is 10.9.